The van der Waals surface area contributed by atoms with E-state index in [9.17, 15) is 8.42 Å². The molecule has 0 saturated heterocycles. The van der Waals surface area contributed by atoms with E-state index in [-0.39, 0.29) is 5.41 Å². The molecule has 0 rings (SSSR count). The van der Waals surface area contributed by atoms with Crippen molar-refractivity contribution in [2.75, 3.05) is 12.8 Å². The lowest BCUT2D eigenvalue weighted by atomic mass is 9.74. The molecule has 0 aliphatic heterocycles. The molecule has 0 amide bonds. The maximum absolute atomic E-state index is 11.0. The molecular formula is C10H23NO2S. The molecule has 0 aliphatic rings. The molecule has 0 aliphatic carbocycles. The van der Waals surface area contributed by atoms with E-state index < -0.39 is 10.0 Å². The largest absolute Gasteiger partial charge is 0.215 e. The van der Waals surface area contributed by atoms with E-state index in [0.29, 0.717) is 18.4 Å². The lowest BCUT2D eigenvalue weighted by Crippen LogP contribution is -2.38. The van der Waals surface area contributed by atoms with Gasteiger partial charge in [0.2, 0.25) is 10.0 Å². The molecule has 0 bridgehead atoms. The van der Waals surface area contributed by atoms with Crippen molar-refractivity contribution in [3.8, 4) is 0 Å². The quantitative estimate of drug-likeness (QED) is 0.770. The molecule has 0 aromatic heterocycles. The zero-order valence-corrected chi connectivity index (χ0v) is 10.9. The van der Waals surface area contributed by atoms with Gasteiger partial charge in [-0.2, -0.15) is 0 Å². The van der Waals surface area contributed by atoms with Gasteiger partial charge in [-0.3, -0.25) is 0 Å². The third-order valence-electron chi connectivity index (χ3n) is 3.02. The number of sulfonamides is 1. The number of hydrogen-bond donors (Lipinski definition) is 1. The fourth-order valence-electron chi connectivity index (χ4n) is 1.38. The first-order chi connectivity index (χ1) is 6.06. The average Bonchev–Trinajstić information content (AvgIpc) is 1.98. The van der Waals surface area contributed by atoms with Crippen LogP contribution in [0.4, 0.5) is 0 Å². The summed E-state index contributed by atoms with van der Waals surface area (Å²) in [5.74, 6) is 1.04. The first kappa shape index (κ1) is 13.9. The molecule has 0 fully saturated rings. The molecular weight excluding hydrogens is 198 g/mol. The van der Waals surface area contributed by atoms with Crippen molar-refractivity contribution >= 4 is 10.0 Å². The Kier molecular flexibility index (Phi) is 4.59. The van der Waals surface area contributed by atoms with E-state index in [4.69, 9.17) is 0 Å². The Bertz CT molecular complexity index is 268. The summed E-state index contributed by atoms with van der Waals surface area (Å²) in [6.07, 6.45) is 1.20. The number of rotatable bonds is 5. The fourth-order valence-corrected chi connectivity index (χ4v) is 2.01. The highest BCUT2D eigenvalue weighted by Crippen LogP contribution is 2.31. The van der Waals surface area contributed by atoms with Gasteiger partial charge in [-0.1, -0.05) is 34.6 Å². The molecule has 1 N–H and O–H groups in total. The first-order valence-electron chi connectivity index (χ1n) is 5.01. The van der Waals surface area contributed by atoms with Crippen LogP contribution in [0.2, 0.25) is 0 Å². The maximum atomic E-state index is 11.0. The van der Waals surface area contributed by atoms with E-state index in [1.165, 1.54) is 6.26 Å². The highest BCUT2D eigenvalue weighted by Gasteiger charge is 2.28. The van der Waals surface area contributed by atoms with Gasteiger partial charge in [-0.25, -0.2) is 13.1 Å². The third-order valence-corrected chi connectivity index (χ3v) is 3.69. The molecule has 4 heteroatoms. The molecule has 86 valence electrons. The van der Waals surface area contributed by atoms with Crippen molar-refractivity contribution in [1.82, 2.24) is 4.72 Å². The van der Waals surface area contributed by atoms with E-state index in [1.54, 1.807) is 0 Å². The molecule has 1 atom stereocenters. The van der Waals surface area contributed by atoms with Crippen LogP contribution in [-0.2, 0) is 10.0 Å². The van der Waals surface area contributed by atoms with Crippen molar-refractivity contribution < 1.29 is 8.42 Å². The van der Waals surface area contributed by atoms with Gasteiger partial charge in [0.25, 0.3) is 0 Å². The predicted molar refractivity (Wildman–Crippen MR) is 60.6 cm³/mol. The average molecular weight is 221 g/mol. The SMILES string of the molecule is CC(C)[C@H](C)C(C)(C)CNS(C)(=O)=O. The minimum atomic E-state index is -3.07. The molecule has 0 unspecified atom stereocenters. The number of nitrogens with one attached hydrogen (secondary N) is 1. The van der Waals surface area contributed by atoms with Crippen molar-refractivity contribution in [1.29, 1.82) is 0 Å². The highest BCUT2D eigenvalue weighted by atomic mass is 32.2. The Morgan fingerprint density at radius 2 is 1.64 bits per heavy atom. The zero-order chi connectivity index (χ0) is 11.6. The molecule has 0 spiro atoms. The standard InChI is InChI=1S/C10H23NO2S/c1-8(2)9(3)10(4,5)7-11-14(6,12)13/h8-9,11H,7H2,1-6H3/t9-/m0/s1. The Balaban J connectivity index is 4.35. The second-order valence-corrected chi connectivity index (χ2v) is 6.95. The monoisotopic (exact) mass is 221 g/mol. The summed E-state index contributed by atoms with van der Waals surface area (Å²) < 4.78 is 24.5. The molecule has 0 heterocycles. The topological polar surface area (TPSA) is 46.2 Å². The minimum absolute atomic E-state index is 0.00273. The van der Waals surface area contributed by atoms with Crippen LogP contribution in [-0.4, -0.2) is 21.2 Å². The lowest BCUT2D eigenvalue weighted by molar-refractivity contribution is 0.178. The van der Waals surface area contributed by atoms with Crippen LogP contribution in [0.3, 0.4) is 0 Å². The van der Waals surface area contributed by atoms with Gasteiger partial charge in [-0.05, 0) is 17.3 Å². The van der Waals surface area contributed by atoms with Gasteiger partial charge >= 0.3 is 0 Å². The van der Waals surface area contributed by atoms with Crippen LogP contribution in [0.25, 0.3) is 0 Å². The van der Waals surface area contributed by atoms with E-state index in [0.717, 1.165) is 0 Å². The molecule has 0 radical (unpaired) electrons. The van der Waals surface area contributed by atoms with Crippen LogP contribution in [0.5, 0.6) is 0 Å². The summed E-state index contributed by atoms with van der Waals surface area (Å²) >= 11 is 0. The van der Waals surface area contributed by atoms with Crippen LogP contribution < -0.4 is 4.72 Å². The Morgan fingerprint density at radius 1 is 1.21 bits per heavy atom. The predicted octanol–water partition coefficient (Wildman–Crippen LogP) is 1.85. The van der Waals surface area contributed by atoms with E-state index >= 15 is 0 Å². The molecule has 0 saturated carbocycles. The Labute approximate surface area is 88.3 Å². The Morgan fingerprint density at radius 3 is 1.93 bits per heavy atom. The van der Waals surface area contributed by atoms with Gasteiger partial charge < -0.3 is 0 Å². The minimum Gasteiger partial charge on any atom is -0.215 e. The van der Waals surface area contributed by atoms with Crippen molar-refractivity contribution in [2.45, 2.75) is 34.6 Å². The maximum Gasteiger partial charge on any atom is 0.208 e. The summed E-state index contributed by atoms with van der Waals surface area (Å²) in [4.78, 5) is 0. The fraction of sp³-hybridized carbons (Fsp3) is 1.00. The van der Waals surface area contributed by atoms with Crippen molar-refractivity contribution in [2.24, 2.45) is 17.3 Å². The summed E-state index contributed by atoms with van der Waals surface area (Å²) in [6.45, 7) is 11.2. The molecule has 3 nitrogen and oxygen atoms in total. The number of hydrogen-bond acceptors (Lipinski definition) is 2. The summed E-state index contributed by atoms with van der Waals surface area (Å²) in [7, 11) is -3.07. The van der Waals surface area contributed by atoms with Crippen molar-refractivity contribution in [3.63, 3.8) is 0 Å². The highest BCUT2D eigenvalue weighted by molar-refractivity contribution is 7.88. The van der Waals surface area contributed by atoms with Crippen LogP contribution in [0.1, 0.15) is 34.6 Å². The van der Waals surface area contributed by atoms with E-state index in [1.807, 2.05) is 0 Å². The molecule has 14 heavy (non-hydrogen) atoms. The summed E-state index contributed by atoms with van der Waals surface area (Å²) in [5.41, 5.74) is -0.00273. The van der Waals surface area contributed by atoms with Gasteiger partial charge in [-0.15, -0.1) is 0 Å². The second-order valence-electron chi connectivity index (χ2n) is 5.11. The third kappa shape index (κ3) is 4.96. The first-order valence-corrected chi connectivity index (χ1v) is 6.90. The van der Waals surface area contributed by atoms with Crippen LogP contribution in [0, 0.1) is 17.3 Å². The van der Waals surface area contributed by atoms with E-state index in [2.05, 4.69) is 39.3 Å². The van der Waals surface area contributed by atoms with Gasteiger partial charge in [0.1, 0.15) is 0 Å². The smallest absolute Gasteiger partial charge is 0.208 e. The molecule has 0 aromatic carbocycles. The normalized spacial score (nSPS) is 15.9. The second kappa shape index (κ2) is 4.62. The molecule has 0 aromatic rings. The van der Waals surface area contributed by atoms with Gasteiger partial charge in [0.05, 0.1) is 6.26 Å². The zero-order valence-electron chi connectivity index (χ0n) is 10.1. The van der Waals surface area contributed by atoms with Crippen LogP contribution >= 0.6 is 0 Å². The summed E-state index contributed by atoms with van der Waals surface area (Å²) in [6, 6.07) is 0. The summed E-state index contributed by atoms with van der Waals surface area (Å²) in [5, 5.41) is 0. The Hall–Kier alpha value is -0.0900. The van der Waals surface area contributed by atoms with Crippen molar-refractivity contribution in [3.05, 3.63) is 0 Å². The van der Waals surface area contributed by atoms with Gasteiger partial charge in [0, 0.05) is 6.54 Å². The van der Waals surface area contributed by atoms with Gasteiger partial charge in [0.15, 0.2) is 0 Å². The van der Waals surface area contributed by atoms with Crippen LogP contribution in [0.15, 0.2) is 0 Å². The lowest BCUT2D eigenvalue weighted by Gasteiger charge is -2.34.